The van der Waals surface area contributed by atoms with E-state index in [9.17, 15) is 24.3 Å². The van der Waals surface area contributed by atoms with Gasteiger partial charge in [-0.3, -0.25) is 9.79 Å². The summed E-state index contributed by atoms with van der Waals surface area (Å²) in [4.78, 5) is 42.0. The Morgan fingerprint density at radius 2 is 1.88 bits per heavy atom. The summed E-state index contributed by atoms with van der Waals surface area (Å²) in [5.41, 5.74) is 9.79. The minimum atomic E-state index is -4.84. The van der Waals surface area contributed by atoms with Gasteiger partial charge < -0.3 is 24.7 Å². The number of benzene rings is 2. The number of anilines is 1. The molecule has 0 spiro atoms. The normalized spacial score (nSPS) is 11.7. The molecule has 12 nitrogen and oxygen atoms in total. The number of hydrogen-bond donors (Lipinski definition) is 4. The van der Waals surface area contributed by atoms with Gasteiger partial charge in [-0.1, -0.05) is 19.4 Å². The third-order valence-corrected chi connectivity index (χ3v) is 7.00. The number of aromatic nitrogens is 3. The number of nitrogen functional groups attached to an aromatic ring is 1. The second-order valence-corrected chi connectivity index (χ2v) is 10.8. The van der Waals surface area contributed by atoms with Gasteiger partial charge in [-0.25, -0.2) is 24.3 Å². The molecule has 2 aromatic heterocycles. The topological polar surface area (TPSA) is 182 Å². The van der Waals surface area contributed by atoms with Gasteiger partial charge in [0.2, 0.25) is 6.08 Å². The van der Waals surface area contributed by atoms with Crippen molar-refractivity contribution in [2.75, 3.05) is 25.5 Å². The number of hydrogen-bond acceptors (Lipinski definition) is 9. The number of ether oxygens (including phenoxy) is 1. The Hall–Kier alpha value is -3.79. The number of phenolic OH excluding ortho intramolecular Hbond substituents is 1. The van der Waals surface area contributed by atoms with Crippen LogP contribution in [0.5, 0.6) is 11.5 Å². The third kappa shape index (κ3) is 7.91. The van der Waals surface area contributed by atoms with Gasteiger partial charge >= 0.3 is 7.82 Å². The van der Waals surface area contributed by atoms with Crippen LogP contribution in [-0.4, -0.2) is 55.3 Å². The highest BCUT2D eigenvalue weighted by molar-refractivity contribution is 7.46. The van der Waals surface area contributed by atoms with E-state index in [4.69, 9.17) is 20.0 Å². The van der Waals surface area contributed by atoms with Gasteiger partial charge in [-0.2, -0.15) is 0 Å². The largest absolute Gasteiger partial charge is 0.524 e. The molecule has 13 heteroatoms. The molecule has 2 heterocycles. The minimum Gasteiger partial charge on any atom is -0.508 e. The molecule has 41 heavy (non-hydrogen) atoms. The molecule has 0 aliphatic carbocycles. The van der Waals surface area contributed by atoms with E-state index in [1.165, 1.54) is 24.3 Å². The van der Waals surface area contributed by atoms with E-state index >= 15 is 0 Å². The number of aryl methyl sites for hydroxylation is 2. The Morgan fingerprint density at radius 3 is 2.63 bits per heavy atom. The van der Waals surface area contributed by atoms with Crippen LogP contribution in [0, 0.1) is 0 Å². The molecule has 4 aromatic rings. The van der Waals surface area contributed by atoms with Crippen molar-refractivity contribution in [3.05, 3.63) is 53.3 Å². The molecule has 0 amide bonds. The predicted octanol–water partition coefficient (Wildman–Crippen LogP) is 4.41. The molecule has 0 fully saturated rings. The van der Waals surface area contributed by atoms with E-state index in [-0.39, 0.29) is 23.9 Å². The van der Waals surface area contributed by atoms with Gasteiger partial charge in [0, 0.05) is 30.6 Å². The fraction of sp³-hybridized carbons (Fsp3) is 0.393. The number of isocyanates is 1. The Labute approximate surface area is 237 Å². The third-order valence-electron chi connectivity index (χ3n) is 6.57. The molecule has 0 atom stereocenters. The van der Waals surface area contributed by atoms with Crippen LogP contribution in [0.25, 0.3) is 21.9 Å². The smallest absolute Gasteiger partial charge is 0.508 e. The SMILES string of the molecule is CCCCc1nc2c(N)nc3ccc(CCCOCCCN=C=O)cc3c2n1Cc1cc(O)ccc1OP(=O)(O)O. The van der Waals surface area contributed by atoms with Gasteiger partial charge in [0.05, 0.1) is 24.1 Å². The number of aliphatic imine (C=N–C) groups is 1. The van der Waals surface area contributed by atoms with Crippen LogP contribution in [0.4, 0.5) is 5.82 Å². The Morgan fingerprint density at radius 1 is 1.07 bits per heavy atom. The van der Waals surface area contributed by atoms with E-state index in [1.54, 1.807) is 0 Å². The van der Waals surface area contributed by atoms with Gasteiger partial charge in [-0.05, 0) is 61.6 Å². The van der Waals surface area contributed by atoms with Crippen LogP contribution in [0.1, 0.15) is 49.6 Å². The number of nitrogens with zero attached hydrogens (tertiary/aromatic N) is 4. The molecule has 0 radical (unpaired) electrons. The summed E-state index contributed by atoms with van der Waals surface area (Å²) in [5.74, 6) is 0.923. The second-order valence-electron chi connectivity index (χ2n) is 9.68. The first kappa shape index (κ1) is 30.2. The van der Waals surface area contributed by atoms with Crippen molar-refractivity contribution in [3.63, 3.8) is 0 Å². The average molecular weight is 584 g/mol. The Balaban J connectivity index is 1.71. The molecule has 0 aliphatic heterocycles. The Kier molecular flexibility index (Phi) is 10.1. The maximum absolute atomic E-state index is 11.6. The summed E-state index contributed by atoms with van der Waals surface area (Å²) in [7, 11) is -4.84. The van der Waals surface area contributed by atoms with Gasteiger partial charge in [-0.15, -0.1) is 0 Å². The number of imidazole rings is 1. The summed E-state index contributed by atoms with van der Waals surface area (Å²) in [6.45, 7) is 3.70. The number of fused-ring (bicyclic) bond motifs is 3. The summed E-state index contributed by atoms with van der Waals surface area (Å²) in [5, 5.41) is 11.0. The highest BCUT2D eigenvalue weighted by atomic mass is 31.2. The molecule has 0 aliphatic rings. The van der Waals surface area contributed by atoms with Gasteiger partial charge in [0.15, 0.2) is 5.82 Å². The molecule has 5 N–H and O–H groups in total. The van der Waals surface area contributed by atoms with Crippen molar-refractivity contribution in [2.24, 2.45) is 4.99 Å². The van der Waals surface area contributed by atoms with Crippen LogP contribution < -0.4 is 10.3 Å². The number of phosphoric acid groups is 1. The zero-order valence-corrected chi connectivity index (χ0v) is 23.7. The van der Waals surface area contributed by atoms with E-state index in [2.05, 4.69) is 23.0 Å². The molecule has 2 aromatic carbocycles. The van der Waals surface area contributed by atoms with Crippen molar-refractivity contribution >= 4 is 41.7 Å². The number of nitrogens with two attached hydrogens (primary N) is 1. The minimum absolute atomic E-state index is 0.0376. The van der Waals surface area contributed by atoms with Crippen LogP contribution in [-0.2, 0) is 33.5 Å². The summed E-state index contributed by atoms with van der Waals surface area (Å²) >= 11 is 0. The first-order valence-electron chi connectivity index (χ1n) is 13.5. The molecule has 218 valence electrons. The van der Waals surface area contributed by atoms with Crippen LogP contribution in [0.2, 0.25) is 0 Å². The van der Waals surface area contributed by atoms with E-state index < -0.39 is 7.82 Å². The second kappa shape index (κ2) is 13.7. The fourth-order valence-electron chi connectivity index (χ4n) is 4.70. The zero-order valence-electron chi connectivity index (χ0n) is 22.8. The summed E-state index contributed by atoms with van der Waals surface area (Å²) in [6.07, 6.45) is 6.19. The maximum Gasteiger partial charge on any atom is 0.524 e. The number of pyridine rings is 1. The molecule has 4 rings (SSSR count). The number of phosphoric ester groups is 1. The molecule has 0 saturated heterocycles. The predicted molar refractivity (Wildman–Crippen MR) is 155 cm³/mol. The molecular weight excluding hydrogens is 549 g/mol. The Bertz CT molecular complexity index is 1610. The van der Waals surface area contributed by atoms with Crippen molar-refractivity contribution < 1.29 is 33.5 Å². The summed E-state index contributed by atoms with van der Waals surface area (Å²) in [6, 6.07) is 10.0. The van der Waals surface area contributed by atoms with Crippen LogP contribution in [0.3, 0.4) is 0 Å². The zero-order chi connectivity index (χ0) is 29.4. The number of aromatic hydroxyl groups is 1. The standard InChI is InChI=1S/C28H34N5O7P/c1-2-3-7-25-32-26-27(33(25)17-20-16-21(35)9-11-24(20)40-41(36,37)38)22-15-19(8-10-23(22)31-28(26)29)6-4-13-39-14-5-12-30-18-34/h8-11,15-16,35H,2-7,12-14,17H2,1H3,(H2,29,31)(H2,36,37,38). The maximum atomic E-state index is 11.6. The van der Waals surface area contributed by atoms with Crippen molar-refractivity contribution in [2.45, 2.75) is 52.0 Å². The van der Waals surface area contributed by atoms with Crippen LogP contribution >= 0.6 is 7.82 Å². The van der Waals surface area contributed by atoms with Gasteiger partial charge in [0.1, 0.15) is 22.8 Å². The molecule has 0 unspecified atom stereocenters. The fourth-order valence-corrected chi connectivity index (χ4v) is 5.14. The lowest BCUT2D eigenvalue weighted by molar-refractivity contribution is 0.131. The van der Waals surface area contributed by atoms with Gasteiger partial charge in [0.25, 0.3) is 0 Å². The molecule has 0 saturated carbocycles. The molecule has 0 bridgehead atoms. The lowest BCUT2D eigenvalue weighted by Gasteiger charge is -2.16. The lowest BCUT2D eigenvalue weighted by Crippen LogP contribution is -2.07. The van der Waals surface area contributed by atoms with E-state index in [0.717, 1.165) is 48.0 Å². The first-order valence-corrected chi connectivity index (χ1v) is 15.0. The summed E-state index contributed by atoms with van der Waals surface area (Å²) < 4.78 is 24.2. The first-order chi connectivity index (χ1) is 19.7. The lowest BCUT2D eigenvalue weighted by atomic mass is 10.1. The van der Waals surface area contributed by atoms with E-state index in [1.807, 2.05) is 16.7 Å². The van der Waals surface area contributed by atoms with E-state index in [0.29, 0.717) is 49.2 Å². The molecular formula is C28H34N5O7P. The number of phenols is 1. The number of unbranched alkanes of at least 4 members (excludes halogenated alkanes) is 1. The van der Waals surface area contributed by atoms with Crippen molar-refractivity contribution in [1.82, 2.24) is 14.5 Å². The van der Waals surface area contributed by atoms with Crippen molar-refractivity contribution in [1.29, 1.82) is 0 Å². The average Bonchev–Trinajstić information content (AvgIpc) is 3.29. The highest BCUT2D eigenvalue weighted by Gasteiger charge is 2.22. The van der Waals surface area contributed by atoms with Crippen LogP contribution in [0.15, 0.2) is 41.4 Å². The quantitative estimate of drug-likeness (QED) is 0.0677. The number of rotatable bonds is 15. The number of carbonyl (C=O) groups excluding carboxylic acids is 1. The monoisotopic (exact) mass is 583 g/mol. The highest BCUT2D eigenvalue weighted by Crippen LogP contribution is 2.41. The van der Waals surface area contributed by atoms with Crippen molar-refractivity contribution in [3.8, 4) is 11.5 Å².